The molecule has 1 saturated heterocycles. The van der Waals surface area contributed by atoms with Gasteiger partial charge in [0.15, 0.2) is 0 Å². The zero-order valence-electron chi connectivity index (χ0n) is 10.6. The summed E-state index contributed by atoms with van der Waals surface area (Å²) in [6.07, 6.45) is 0.708. The summed E-state index contributed by atoms with van der Waals surface area (Å²) >= 11 is 0. The first-order valence-corrected chi connectivity index (χ1v) is 6.40. The summed E-state index contributed by atoms with van der Waals surface area (Å²) in [4.78, 5) is 10.6. The Balaban J connectivity index is 2.00. The van der Waals surface area contributed by atoms with E-state index >= 15 is 0 Å². The normalized spacial score (nSPS) is 20.2. The monoisotopic (exact) mass is 266 g/mol. The smallest absolute Gasteiger partial charge is 0.306 e. The summed E-state index contributed by atoms with van der Waals surface area (Å²) in [6, 6.07) is 6.95. The molecule has 2 atom stereocenters. The second kappa shape index (κ2) is 6.54. The molecule has 1 heterocycles. The van der Waals surface area contributed by atoms with Gasteiger partial charge in [-0.1, -0.05) is 18.2 Å². The van der Waals surface area contributed by atoms with E-state index in [4.69, 9.17) is 14.6 Å². The van der Waals surface area contributed by atoms with Crippen molar-refractivity contribution >= 4 is 5.97 Å². The molecule has 0 spiro atoms. The molecule has 1 aliphatic rings. The van der Waals surface area contributed by atoms with Gasteiger partial charge in [0.1, 0.15) is 12.4 Å². The van der Waals surface area contributed by atoms with Crippen LogP contribution in [0.4, 0.5) is 0 Å². The van der Waals surface area contributed by atoms with Gasteiger partial charge in [0, 0.05) is 12.2 Å². The molecule has 19 heavy (non-hydrogen) atoms. The van der Waals surface area contributed by atoms with Crippen LogP contribution in [0, 0.1) is 0 Å². The Morgan fingerprint density at radius 1 is 1.47 bits per heavy atom. The fourth-order valence-electron chi connectivity index (χ4n) is 2.12. The SMILES string of the molecule is O=C(O)CC(O)c1ccccc1OC[C@@H]1CCCO1. The van der Waals surface area contributed by atoms with E-state index in [2.05, 4.69) is 0 Å². The minimum absolute atomic E-state index is 0.0877. The quantitative estimate of drug-likeness (QED) is 0.820. The number of hydrogen-bond donors (Lipinski definition) is 2. The van der Waals surface area contributed by atoms with Crippen molar-refractivity contribution < 1.29 is 24.5 Å². The number of rotatable bonds is 6. The molecule has 5 heteroatoms. The summed E-state index contributed by atoms with van der Waals surface area (Å²) < 4.78 is 11.1. The van der Waals surface area contributed by atoms with Crippen LogP contribution in [-0.4, -0.2) is 35.5 Å². The van der Waals surface area contributed by atoms with Gasteiger partial charge >= 0.3 is 5.97 Å². The summed E-state index contributed by atoms with van der Waals surface area (Å²) in [7, 11) is 0. The zero-order chi connectivity index (χ0) is 13.7. The number of para-hydroxylation sites is 1. The average molecular weight is 266 g/mol. The van der Waals surface area contributed by atoms with E-state index in [-0.39, 0.29) is 12.5 Å². The van der Waals surface area contributed by atoms with Crippen molar-refractivity contribution in [2.45, 2.75) is 31.5 Å². The molecule has 1 aromatic carbocycles. The van der Waals surface area contributed by atoms with E-state index in [0.29, 0.717) is 17.9 Å². The molecule has 0 bridgehead atoms. The van der Waals surface area contributed by atoms with Gasteiger partial charge in [-0.3, -0.25) is 4.79 Å². The second-order valence-corrected chi connectivity index (χ2v) is 4.60. The van der Waals surface area contributed by atoms with E-state index in [1.165, 1.54) is 0 Å². The van der Waals surface area contributed by atoms with Gasteiger partial charge in [-0.15, -0.1) is 0 Å². The lowest BCUT2D eigenvalue weighted by atomic mass is 10.1. The van der Waals surface area contributed by atoms with Gasteiger partial charge in [-0.25, -0.2) is 0 Å². The number of benzene rings is 1. The van der Waals surface area contributed by atoms with Gasteiger partial charge in [-0.05, 0) is 18.9 Å². The number of hydrogen-bond acceptors (Lipinski definition) is 4. The highest BCUT2D eigenvalue weighted by atomic mass is 16.5. The first-order valence-electron chi connectivity index (χ1n) is 6.40. The van der Waals surface area contributed by atoms with Crippen LogP contribution in [0.3, 0.4) is 0 Å². The number of aliphatic carboxylic acids is 1. The Morgan fingerprint density at radius 2 is 2.26 bits per heavy atom. The molecular weight excluding hydrogens is 248 g/mol. The maximum absolute atomic E-state index is 10.6. The van der Waals surface area contributed by atoms with Crippen LogP contribution in [0.1, 0.15) is 30.9 Å². The van der Waals surface area contributed by atoms with E-state index < -0.39 is 12.1 Å². The standard InChI is InChI=1S/C14H18O5/c15-12(8-14(16)17)11-5-1-2-6-13(11)19-9-10-4-3-7-18-10/h1-2,5-6,10,12,15H,3-4,7-9H2,(H,16,17)/t10-,12?/m0/s1. The van der Waals surface area contributed by atoms with Crippen molar-refractivity contribution in [2.75, 3.05) is 13.2 Å². The first kappa shape index (κ1) is 13.8. The molecule has 0 saturated carbocycles. The lowest BCUT2D eigenvalue weighted by molar-refractivity contribution is -0.139. The molecule has 0 aromatic heterocycles. The maximum Gasteiger partial charge on any atom is 0.306 e. The number of aliphatic hydroxyl groups excluding tert-OH is 1. The Bertz CT molecular complexity index is 426. The van der Waals surface area contributed by atoms with E-state index in [9.17, 15) is 9.90 Å². The van der Waals surface area contributed by atoms with Gasteiger partial charge < -0.3 is 19.7 Å². The number of carboxylic acid groups (broad SMARTS) is 1. The lowest BCUT2D eigenvalue weighted by Gasteiger charge is -2.17. The van der Waals surface area contributed by atoms with Gasteiger partial charge in [0.05, 0.1) is 18.6 Å². The molecular formula is C14H18O5. The molecule has 1 unspecified atom stereocenters. The van der Waals surface area contributed by atoms with Crippen molar-refractivity contribution in [3.63, 3.8) is 0 Å². The third kappa shape index (κ3) is 3.94. The number of aliphatic hydroxyl groups is 1. The first-order chi connectivity index (χ1) is 9.16. The van der Waals surface area contributed by atoms with E-state index in [0.717, 1.165) is 19.4 Å². The largest absolute Gasteiger partial charge is 0.490 e. The molecule has 0 amide bonds. The van der Waals surface area contributed by atoms with Gasteiger partial charge in [-0.2, -0.15) is 0 Å². The predicted molar refractivity (Wildman–Crippen MR) is 68.1 cm³/mol. The topological polar surface area (TPSA) is 76.0 Å². The number of carboxylic acids is 1. The van der Waals surface area contributed by atoms with Crippen LogP contribution in [0.5, 0.6) is 5.75 Å². The predicted octanol–water partition coefficient (Wildman–Crippen LogP) is 1.75. The highest BCUT2D eigenvalue weighted by Gasteiger charge is 2.19. The van der Waals surface area contributed by atoms with Crippen molar-refractivity contribution in [2.24, 2.45) is 0 Å². The molecule has 104 valence electrons. The summed E-state index contributed by atoms with van der Waals surface area (Å²) in [6.45, 7) is 1.19. The minimum atomic E-state index is -1.06. The van der Waals surface area contributed by atoms with E-state index in [1.54, 1.807) is 24.3 Å². The Kier molecular flexibility index (Phi) is 4.76. The summed E-state index contributed by atoms with van der Waals surface area (Å²) in [5, 5.41) is 18.6. The maximum atomic E-state index is 10.6. The Labute approximate surface area is 111 Å². The molecule has 5 nitrogen and oxygen atoms in total. The van der Waals surface area contributed by atoms with E-state index in [1.807, 2.05) is 0 Å². The highest BCUT2D eigenvalue weighted by molar-refractivity contribution is 5.67. The van der Waals surface area contributed by atoms with Crippen molar-refractivity contribution in [1.82, 2.24) is 0 Å². The third-order valence-electron chi connectivity index (χ3n) is 3.09. The third-order valence-corrected chi connectivity index (χ3v) is 3.09. The fraction of sp³-hybridized carbons (Fsp3) is 0.500. The molecule has 1 aliphatic heterocycles. The minimum Gasteiger partial charge on any atom is -0.490 e. The van der Waals surface area contributed by atoms with Crippen LogP contribution in [0.15, 0.2) is 24.3 Å². The van der Waals surface area contributed by atoms with Gasteiger partial charge in [0.2, 0.25) is 0 Å². The highest BCUT2D eigenvalue weighted by Crippen LogP contribution is 2.27. The molecule has 0 aliphatic carbocycles. The van der Waals surface area contributed by atoms with Crippen molar-refractivity contribution in [3.05, 3.63) is 29.8 Å². The lowest BCUT2D eigenvalue weighted by Crippen LogP contribution is -2.17. The van der Waals surface area contributed by atoms with Crippen LogP contribution in [0.2, 0.25) is 0 Å². The van der Waals surface area contributed by atoms with Crippen LogP contribution >= 0.6 is 0 Å². The molecule has 2 N–H and O–H groups in total. The van der Waals surface area contributed by atoms with Crippen molar-refractivity contribution in [1.29, 1.82) is 0 Å². The number of carbonyl (C=O) groups is 1. The number of ether oxygens (including phenoxy) is 2. The molecule has 0 radical (unpaired) electrons. The molecule has 1 fully saturated rings. The fourth-order valence-corrected chi connectivity index (χ4v) is 2.12. The average Bonchev–Trinajstić information content (AvgIpc) is 2.89. The molecule has 1 aromatic rings. The summed E-state index contributed by atoms with van der Waals surface area (Å²) in [5.74, 6) is -0.520. The van der Waals surface area contributed by atoms with Gasteiger partial charge in [0.25, 0.3) is 0 Å². The Morgan fingerprint density at radius 3 is 2.95 bits per heavy atom. The zero-order valence-corrected chi connectivity index (χ0v) is 10.6. The Hall–Kier alpha value is -1.59. The van der Waals surface area contributed by atoms with Crippen LogP contribution < -0.4 is 4.74 Å². The second-order valence-electron chi connectivity index (χ2n) is 4.60. The van der Waals surface area contributed by atoms with Crippen molar-refractivity contribution in [3.8, 4) is 5.75 Å². The molecule has 2 rings (SSSR count). The van der Waals surface area contributed by atoms with Crippen LogP contribution in [0.25, 0.3) is 0 Å². The summed E-state index contributed by atoms with van der Waals surface area (Å²) in [5.41, 5.74) is 0.503. The van der Waals surface area contributed by atoms with Crippen LogP contribution in [-0.2, 0) is 9.53 Å².